The van der Waals surface area contributed by atoms with Crippen molar-refractivity contribution in [2.24, 2.45) is 0 Å². The van der Waals surface area contributed by atoms with Crippen molar-refractivity contribution < 1.29 is 5.11 Å². The van der Waals surface area contributed by atoms with E-state index in [4.69, 9.17) is 0 Å². The third-order valence-corrected chi connectivity index (χ3v) is 3.37. The van der Waals surface area contributed by atoms with Gasteiger partial charge in [-0.05, 0) is 42.0 Å². The number of aliphatic hydroxyl groups is 1. The Morgan fingerprint density at radius 1 is 1.62 bits per heavy atom. The summed E-state index contributed by atoms with van der Waals surface area (Å²) >= 11 is 5.07. The molecule has 1 unspecified atom stereocenters. The lowest BCUT2D eigenvalue weighted by molar-refractivity contribution is 0.0631. The van der Waals surface area contributed by atoms with Gasteiger partial charge in [-0.2, -0.15) is 0 Å². The number of nitrogens with one attached hydrogen (secondary N) is 1. The van der Waals surface area contributed by atoms with Crippen LogP contribution in [0.5, 0.6) is 0 Å². The Labute approximate surface area is 91.1 Å². The number of hydrogen-bond acceptors (Lipinski definition) is 3. The van der Waals surface area contributed by atoms with E-state index in [-0.39, 0.29) is 0 Å². The molecule has 0 radical (unpaired) electrons. The van der Waals surface area contributed by atoms with Gasteiger partial charge in [0.25, 0.3) is 0 Å². The Balaban J connectivity index is 2.57. The van der Waals surface area contributed by atoms with Crippen LogP contribution >= 0.6 is 27.3 Å². The summed E-state index contributed by atoms with van der Waals surface area (Å²) in [7, 11) is 1.85. The van der Waals surface area contributed by atoms with Crippen molar-refractivity contribution in [2.45, 2.75) is 18.9 Å². The first-order chi connectivity index (χ1) is 6.03. The molecule has 1 heterocycles. The summed E-state index contributed by atoms with van der Waals surface area (Å²) in [4.78, 5) is 1.20. The molecule has 0 spiro atoms. The van der Waals surface area contributed by atoms with Gasteiger partial charge in [-0.1, -0.05) is 0 Å². The van der Waals surface area contributed by atoms with E-state index < -0.39 is 5.60 Å². The highest BCUT2D eigenvalue weighted by atomic mass is 79.9. The number of thiophene rings is 1. The molecule has 74 valence electrons. The molecule has 0 amide bonds. The summed E-state index contributed by atoms with van der Waals surface area (Å²) in [6.07, 6.45) is 0.699. The van der Waals surface area contributed by atoms with Gasteiger partial charge in [0.1, 0.15) is 0 Å². The zero-order valence-electron chi connectivity index (χ0n) is 7.80. The first-order valence-corrected chi connectivity index (χ1v) is 5.76. The summed E-state index contributed by atoms with van der Waals surface area (Å²) < 4.78 is 1.11. The molecule has 1 atom stereocenters. The van der Waals surface area contributed by atoms with Gasteiger partial charge in [-0.25, -0.2) is 0 Å². The van der Waals surface area contributed by atoms with Crippen LogP contribution in [-0.4, -0.2) is 24.3 Å². The molecule has 0 saturated carbocycles. The highest BCUT2D eigenvalue weighted by Gasteiger charge is 2.20. The van der Waals surface area contributed by atoms with Gasteiger partial charge in [0, 0.05) is 17.8 Å². The van der Waals surface area contributed by atoms with Crippen molar-refractivity contribution in [3.8, 4) is 0 Å². The normalized spacial score (nSPS) is 15.7. The van der Waals surface area contributed by atoms with Crippen molar-refractivity contribution in [3.05, 3.63) is 20.8 Å². The molecule has 0 aromatic carbocycles. The van der Waals surface area contributed by atoms with Gasteiger partial charge in [-0.3, -0.25) is 0 Å². The first kappa shape index (κ1) is 11.2. The average molecular weight is 264 g/mol. The molecule has 13 heavy (non-hydrogen) atoms. The molecule has 2 N–H and O–H groups in total. The standard InChI is InChI=1S/C9H14BrNOS/c1-9(12,6-11-2)5-7-3-4-8(10)13-7/h3-4,11-12H,5-6H2,1-2H3. The highest BCUT2D eigenvalue weighted by molar-refractivity contribution is 9.11. The summed E-state index contributed by atoms with van der Waals surface area (Å²) in [5.74, 6) is 0. The van der Waals surface area contributed by atoms with Gasteiger partial charge in [-0.15, -0.1) is 11.3 Å². The van der Waals surface area contributed by atoms with Crippen molar-refractivity contribution in [1.82, 2.24) is 5.32 Å². The molecule has 0 fully saturated rings. The van der Waals surface area contributed by atoms with Crippen molar-refractivity contribution >= 4 is 27.3 Å². The fourth-order valence-corrected chi connectivity index (χ4v) is 2.93. The second kappa shape index (κ2) is 4.55. The molecule has 1 aromatic rings. The number of rotatable bonds is 4. The van der Waals surface area contributed by atoms with Crippen LogP contribution in [0.3, 0.4) is 0 Å². The van der Waals surface area contributed by atoms with E-state index in [0.717, 1.165) is 3.79 Å². The van der Waals surface area contributed by atoms with E-state index in [1.165, 1.54) is 4.88 Å². The summed E-state index contributed by atoms with van der Waals surface area (Å²) in [6, 6.07) is 4.05. The quantitative estimate of drug-likeness (QED) is 0.872. The van der Waals surface area contributed by atoms with Crippen LogP contribution in [0, 0.1) is 0 Å². The van der Waals surface area contributed by atoms with E-state index in [1.807, 2.05) is 26.1 Å². The molecule has 1 aromatic heterocycles. The van der Waals surface area contributed by atoms with Crippen LogP contribution in [0.15, 0.2) is 15.9 Å². The fourth-order valence-electron chi connectivity index (χ4n) is 1.27. The third-order valence-electron chi connectivity index (χ3n) is 1.74. The molecule has 0 aliphatic carbocycles. The van der Waals surface area contributed by atoms with E-state index in [0.29, 0.717) is 13.0 Å². The number of likely N-dealkylation sites (N-methyl/N-ethyl adjacent to an activating group) is 1. The van der Waals surface area contributed by atoms with Crippen LogP contribution in [0.25, 0.3) is 0 Å². The second-order valence-electron chi connectivity index (χ2n) is 3.41. The van der Waals surface area contributed by atoms with Gasteiger partial charge >= 0.3 is 0 Å². The summed E-state index contributed by atoms with van der Waals surface area (Å²) in [5.41, 5.74) is -0.654. The topological polar surface area (TPSA) is 32.3 Å². The minimum Gasteiger partial charge on any atom is -0.388 e. The molecule has 0 bridgehead atoms. The fraction of sp³-hybridized carbons (Fsp3) is 0.556. The Morgan fingerprint density at radius 2 is 2.31 bits per heavy atom. The minimum absolute atomic E-state index is 0.614. The molecule has 0 saturated heterocycles. The van der Waals surface area contributed by atoms with Gasteiger partial charge < -0.3 is 10.4 Å². The Bertz CT molecular complexity index is 272. The zero-order valence-corrected chi connectivity index (χ0v) is 10.2. The maximum absolute atomic E-state index is 9.91. The first-order valence-electron chi connectivity index (χ1n) is 4.15. The van der Waals surface area contributed by atoms with Crippen LogP contribution in [-0.2, 0) is 6.42 Å². The third kappa shape index (κ3) is 3.77. The molecular formula is C9H14BrNOS. The Kier molecular flexibility index (Phi) is 3.91. The van der Waals surface area contributed by atoms with Crippen molar-refractivity contribution in [3.63, 3.8) is 0 Å². The SMILES string of the molecule is CNCC(C)(O)Cc1ccc(Br)s1. The van der Waals surface area contributed by atoms with E-state index >= 15 is 0 Å². The minimum atomic E-state index is -0.654. The van der Waals surface area contributed by atoms with E-state index in [1.54, 1.807) is 11.3 Å². The lowest BCUT2D eigenvalue weighted by atomic mass is 10.0. The summed E-state index contributed by atoms with van der Waals surface area (Å²) in [5, 5.41) is 12.9. The number of hydrogen-bond donors (Lipinski definition) is 2. The van der Waals surface area contributed by atoms with Crippen molar-refractivity contribution in [2.75, 3.05) is 13.6 Å². The Morgan fingerprint density at radius 3 is 2.77 bits per heavy atom. The molecule has 0 aliphatic rings. The van der Waals surface area contributed by atoms with E-state index in [2.05, 4.69) is 21.2 Å². The molecule has 4 heteroatoms. The zero-order chi connectivity index (χ0) is 9.90. The molecule has 2 nitrogen and oxygen atoms in total. The van der Waals surface area contributed by atoms with Crippen LogP contribution in [0.2, 0.25) is 0 Å². The maximum atomic E-state index is 9.91. The van der Waals surface area contributed by atoms with Gasteiger partial charge in [0.2, 0.25) is 0 Å². The predicted octanol–water partition coefficient (Wildman–Crippen LogP) is 2.02. The predicted molar refractivity (Wildman–Crippen MR) is 60.3 cm³/mol. The monoisotopic (exact) mass is 263 g/mol. The lowest BCUT2D eigenvalue weighted by Crippen LogP contribution is -2.37. The number of halogens is 1. The van der Waals surface area contributed by atoms with Crippen LogP contribution < -0.4 is 5.32 Å². The Hall–Kier alpha value is 0.1000. The maximum Gasteiger partial charge on any atom is 0.0791 e. The second-order valence-corrected chi connectivity index (χ2v) is 5.96. The van der Waals surface area contributed by atoms with E-state index in [9.17, 15) is 5.11 Å². The largest absolute Gasteiger partial charge is 0.388 e. The summed E-state index contributed by atoms with van der Waals surface area (Å²) in [6.45, 7) is 2.46. The molecule has 0 aliphatic heterocycles. The lowest BCUT2D eigenvalue weighted by Gasteiger charge is -2.21. The highest BCUT2D eigenvalue weighted by Crippen LogP contribution is 2.25. The average Bonchev–Trinajstić information content (AvgIpc) is 2.34. The van der Waals surface area contributed by atoms with Crippen molar-refractivity contribution in [1.29, 1.82) is 0 Å². The molecular weight excluding hydrogens is 250 g/mol. The van der Waals surface area contributed by atoms with Gasteiger partial charge in [0.05, 0.1) is 9.39 Å². The van der Waals surface area contributed by atoms with Crippen LogP contribution in [0.1, 0.15) is 11.8 Å². The smallest absolute Gasteiger partial charge is 0.0791 e. The van der Waals surface area contributed by atoms with Gasteiger partial charge in [0.15, 0.2) is 0 Å². The van der Waals surface area contributed by atoms with Crippen LogP contribution in [0.4, 0.5) is 0 Å². The molecule has 1 rings (SSSR count).